The number of carbonyl (C=O) groups excluding carboxylic acids is 1. The fraction of sp³-hybridized carbons (Fsp3) is 0.833. The van der Waals surface area contributed by atoms with E-state index < -0.39 is 5.97 Å². The molecule has 0 spiro atoms. The summed E-state index contributed by atoms with van der Waals surface area (Å²) in [4.78, 5) is 24.5. The Morgan fingerprint density at radius 1 is 1.47 bits per heavy atom. The number of nitrogens with two attached hydrogens (primary N) is 1. The van der Waals surface area contributed by atoms with E-state index in [0.29, 0.717) is 19.6 Å². The average Bonchev–Trinajstić information content (AvgIpc) is 2.65. The van der Waals surface area contributed by atoms with Gasteiger partial charge in [-0.25, -0.2) is 0 Å². The normalized spacial score (nSPS) is 21.9. The quantitative estimate of drug-likeness (QED) is 0.737. The summed E-state index contributed by atoms with van der Waals surface area (Å²) >= 11 is 0. The number of likely N-dealkylation sites (tertiary alicyclic amines) is 1. The molecule has 98 valence electrons. The van der Waals surface area contributed by atoms with Crippen LogP contribution in [0, 0.1) is 17.8 Å². The van der Waals surface area contributed by atoms with Gasteiger partial charge in [0.1, 0.15) is 0 Å². The lowest BCUT2D eigenvalue weighted by atomic mass is 9.94. The van der Waals surface area contributed by atoms with Crippen LogP contribution in [0.3, 0.4) is 0 Å². The highest BCUT2D eigenvalue weighted by atomic mass is 16.4. The van der Waals surface area contributed by atoms with Crippen molar-refractivity contribution in [1.82, 2.24) is 4.90 Å². The first-order valence-corrected chi connectivity index (χ1v) is 6.16. The summed E-state index contributed by atoms with van der Waals surface area (Å²) in [7, 11) is 0. The van der Waals surface area contributed by atoms with E-state index in [9.17, 15) is 9.59 Å². The van der Waals surface area contributed by atoms with Crippen molar-refractivity contribution in [1.29, 1.82) is 0 Å². The van der Waals surface area contributed by atoms with Gasteiger partial charge in [0.05, 0.1) is 5.92 Å². The summed E-state index contributed by atoms with van der Waals surface area (Å²) in [5.41, 5.74) is 5.62. The Bertz CT molecular complexity index is 291. The maximum Gasteiger partial charge on any atom is 0.303 e. The first-order valence-electron chi connectivity index (χ1n) is 6.16. The van der Waals surface area contributed by atoms with Gasteiger partial charge in [-0.05, 0) is 18.3 Å². The Hall–Kier alpha value is -1.10. The number of hydrogen-bond acceptors (Lipinski definition) is 3. The predicted molar refractivity (Wildman–Crippen MR) is 64.3 cm³/mol. The van der Waals surface area contributed by atoms with Crippen LogP contribution in [0.25, 0.3) is 0 Å². The van der Waals surface area contributed by atoms with E-state index in [0.717, 1.165) is 6.42 Å². The third kappa shape index (κ3) is 3.70. The highest BCUT2D eigenvalue weighted by Crippen LogP contribution is 2.23. The monoisotopic (exact) mass is 242 g/mol. The third-order valence-corrected chi connectivity index (χ3v) is 3.44. The largest absolute Gasteiger partial charge is 0.481 e. The zero-order valence-corrected chi connectivity index (χ0v) is 10.6. The maximum atomic E-state index is 12.1. The Balaban J connectivity index is 2.52. The number of aliphatic carboxylic acids is 1. The number of nitrogens with zero attached hydrogens (tertiary/aromatic N) is 1. The molecule has 0 radical (unpaired) electrons. The zero-order chi connectivity index (χ0) is 13.0. The van der Waals surface area contributed by atoms with Gasteiger partial charge >= 0.3 is 5.97 Å². The highest BCUT2D eigenvalue weighted by Gasteiger charge is 2.32. The van der Waals surface area contributed by atoms with E-state index in [4.69, 9.17) is 10.8 Å². The molecule has 2 atom stereocenters. The molecular formula is C12H22N2O3. The molecule has 5 heteroatoms. The van der Waals surface area contributed by atoms with Crippen LogP contribution in [0.4, 0.5) is 0 Å². The van der Waals surface area contributed by atoms with Crippen LogP contribution in [0.5, 0.6) is 0 Å². The molecule has 1 amide bonds. The number of carbonyl (C=O) groups is 2. The summed E-state index contributed by atoms with van der Waals surface area (Å²) in [6.07, 6.45) is 0.937. The van der Waals surface area contributed by atoms with Crippen LogP contribution >= 0.6 is 0 Å². The molecule has 1 rings (SSSR count). The fourth-order valence-electron chi connectivity index (χ4n) is 2.34. The standard InChI is InChI=1S/C12H22N2O3/c1-8(2)10(6-13)12(17)14-4-3-9(7-14)5-11(15)16/h8-10H,3-7,13H2,1-2H3,(H,15,16). The molecular weight excluding hydrogens is 220 g/mol. The molecule has 0 bridgehead atoms. The molecule has 17 heavy (non-hydrogen) atoms. The van der Waals surface area contributed by atoms with Gasteiger partial charge in [0.25, 0.3) is 0 Å². The maximum absolute atomic E-state index is 12.1. The number of amides is 1. The molecule has 1 aliphatic rings. The predicted octanol–water partition coefficient (Wildman–Crippen LogP) is 0.541. The Kier molecular flexibility index (Phi) is 4.93. The van der Waals surface area contributed by atoms with Crippen molar-refractivity contribution in [2.75, 3.05) is 19.6 Å². The second-order valence-corrected chi connectivity index (χ2v) is 5.12. The number of hydrogen-bond donors (Lipinski definition) is 2. The van der Waals surface area contributed by atoms with E-state index in [1.54, 1.807) is 4.90 Å². The summed E-state index contributed by atoms with van der Waals surface area (Å²) in [6, 6.07) is 0. The number of rotatable bonds is 5. The first kappa shape index (κ1) is 14.0. The molecule has 1 saturated heterocycles. The second-order valence-electron chi connectivity index (χ2n) is 5.12. The lowest BCUT2D eigenvalue weighted by Gasteiger charge is -2.25. The number of carboxylic acid groups (broad SMARTS) is 1. The van der Waals surface area contributed by atoms with Crippen LogP contribution in [-0.4, -0.2) is 41.5 Å². The summed E-state index contributed by atoms with van der Waals surface area (Å²) in [5.74, 6) is -0.523. The smallest absolute Gasteiger partial charge is 0.303 e. The van der Waals surface area contributed by atoms with E-state index in [1.807, 2.05) is 13.8 Å². The fourth-order valence-corrected chi connectivity index (χ4v) is 2.34. The van der Waals surface area contributed by atoms with Crippen molar-refractivity contribution < 1.29 is 14.7 Å². The van der Waals surface area contributed by atoms with Gasteiger partial charge in [0.15, 0.2) is 0 Å². The van der Waals surface area contributed by atoms with E-state index >= 15 is 0 Å². The molecule has 3 N–H and O–H groups in total. The SMILES string of the molecule is CC(C)C(CN)C(=O)N1CCC(CC(=O)O)C1. The Labute approximate surface area is 102 Å². The second kappa shape index (κ2) is 6.00. The summed E-state index contributed by atoms with van der Waals surface area (Å²) in [5, 5.41) is 8.72. The van der Waals surface area contributed by atoms with Crippen LogP contribution < -0.4 is 5.73 Å². The Morgan fingerprint density at radius 3 is 2.59 bits per heavy atom. The Morgan fingerprint density at radius 2 is 2.12 bits per heavy atom. The van der Waals surface area contributed by atoms with Gasteiger partial charge in [-0.3, -0.25) is 9.59 Å². The van der Waals surface area contributed by atoms with Crippen molar-refractivity contribution in [3.63, 3.8) is 0 Å². The molecule has 0 aromatic carbocycles. The average molecular weight is 242 g/mol. The van der Waals surface area contributed by atoms with Crippen LogP contribution in [0.1, 0.15) is 26.7 Å². The molecule has 0 saturated carbocycles. The molecule has 2 unspecified atom stereocenters. The van der Waals surface area contributed by atoms with Crippen molar-refractivity contribution >= 4 is 11.9 Å². The van der Waals surface area contributed by atoms with Gasteiger partial charge < -0.3 is 15.7 Å². The molecule has 1 heterocycles. The molecule has 0 aliphatic carbocycles. The lowest BCUT2D eigenvalue weighted by molar-refractivity contribution is -0.139. The van der Waals surface area contributed by atoms with E-state index in [2.05, 4.69) is 0 Å². The minimum Gasteiger partial charge on any atom is -0.481 e. The molecule has 1 fully saturated rings. The van der Waals surface area contributed by atoms with Crippen molar-refractivity contribution in [2.24, 2.45) is 23.5 Å². The van der Waals surface area contributed by atoms with Crippen molar-refractivity contribution in [3.05, 3.63) is 0 Å². The van der Waals surface area contributed by atoms with Crippen molar-refractivity contribution in [2.45, 2.75) is 26.7 Å². The lowest BCUT2D eigenvalue weighted by Crippen LogP contribution is -2.40. The summed E-state index contributed by atoms with van der Waals surface area (Å²) < 4.78 is 0. The van der Waals surface area contributed by atoms with E-state index in [1.165, 1.54) is 0 Å². The highest BCUT2D eigenvalue weighted by molar-refractivity contribution is 5.79. The van der Waals surface area contributed by atoms with Gasteiger partial charge in [0, 0.05) is 26.1 Å². The van der Waals surface area contributed by atoms with E-state index in [-0.39, 0.29) is 30.1 Å². The minimum absolute atomic E-state index is 0.0791. The van der Waals surface area contributed by atoms with Crippen LogP contribution in [0.2, 0.25) is 0 Å². The molecule has 0 aromatic rings. The van der Waals surface area contributed by atoms with Crippen molar-refractivity contribution in [3.8, 4) is 0 Å². The molecule has 5 nitrogen and oxygen atoms in total. The van der Waals surface area contributed by atoms with Crippen LogP contribution in [0.15, 0.2) is 0 Å². The zero-order valence-electron chi connectivity index (χ0n) is 10.6. The summed E-state index contributed by atoms with van der Waals surface area (Å²) in [6.45, 7) is 5.56. The third-order valence-electron chi connectivity index (χ3n) is 3.44. The van der Waals surface area contributed by atoms with Gasteiger partial charge in [-0.1, -0.05) is 13.8 Å². The first-order chi connectivity index (χ1) is 7.95. The van der Waals surface area contributed by atoms with Gasteiger partial charge in [0.2, 0.25) is 5.91 Å². The van der Waals surface area contributed by atoms with Gasteiger partial charge in [-0.15, -0.1) is 0 Å². The molecule has 1 aliphatic heterocycles. The van der Waals surface area contributed by atoms with Crippen LogP contribution in [-0.2, 0) is 9.59 Å². The number of carboxylic acids is 1. The topological polar surface area (TPSA) is 83.6 Å². The van der Waals surface area contributed by atoms with Gasteiger partial charge in [-0.2, -0.15) is 0 Å². The molecule has 0 aromatic heterocycles. The minimum atomic E-state index is -0.788.